The van der Waals surface area contributed by atoms with E-state index in [4.69, 9.17) is 0 Å². The van der Waals surface area contributed by atoms with E-state index in [0.29, 0.717) is 12.1 Å². The highest BCUT2D eigenvalue weighted by molar-refractivity contribution is 5.11. The molecule has 0 unspecified atom stereocenters. The molecule has 0 saturated heterocycles. The van der Waals surface area contributed by atoms with E-state index in [2.05, 4.69) is 5.32 Å². The quantitative estimate of drug-likeness (QED) is 0.628. The van der Waals surface area contributed by atoms with Gasteiger partial charge < -0.3 is 5.32 Å². The minimum absolute atomic E-state index is 0.214. The number of alkyl halides is 1. The van der Waals surface area contributed by atoms with Crippen molar-refractivity contribution in [3.8, 4) is 0 Å². The molecule has 1 N–H and O–H groups in total. The Labute approximate surface area is 61.0 Å². The molecule has 0 aliphatic heterocycles. The zero-order valence-corrected chi connectivity index (χ0v) is 6.20. The molecule has 0 heterocycles. The van der Waals surface area contributed by atoms with Gasteiger partial charge in [-0.2, -0.15) is 0 Å². The lowest BCUT2D eigenvalue weighted by Crippen LogP contribution is -2.34. The van der Waals surface area contributed by atoms with E-state index < -0.39 is 0 Å². The van der Waals surface area contributed by atoms with Gasteiger partial charge in [-0.15, -0.1) is 0 Å². The molecule has 0 aromatic rings. The van der Waals surface area contributed by atoms with Gasteiger partial charge in [0, 0.05) is 12.1 Å². The third kappa shape index (κ3) is 1.05. The molecule has 0 radical (unpaired) electrons. The van der Waals surface area contributed by atoms with Gasteiger partial charge >= 0.3 is 0 Å². The molecule has 0 atom stereocenters. The van der Waals surface area contributed by atoms with Crippen LogP contribution in [-0.4, -0.2) is 18.8 Å². The number of nitrogens with one attached hydrogen (secondary N) is 1. The Balaban J connectivity index is 1.78. The standard InChI is InChI=1S/C8H14FN/c9-5-6-10-8(3-4-8)7-1-2-7/h7,10H,1-6H2. The van der Waals surface area contributed by atoms with Crippen LogP contribution in [0.5, 0.6) is 0 Å². The average molecular weight is 143 g/mol. The van der Waals surface area contributed by atoms with Crippen molar-refractivity contribution in [2.45, 2.75) is 31.2 Å². The van der Waals surface area contributed by atoms with Crippen molar-refractivity contribution in [2.75, 3.05) is 13.2 Å². The van der Waals surface area contributed by atoms with Crippen LogP contribution in [0.2, 0.25) is 0 Å². The van der Waals surface area contributed by atoms with Gasteiger partial charge in [-0.1, -0.05) is 0 Å². The first-order valence-corrected chi connectivity index (χ1v) is 4.18. The second kappa shape index (κ2) is 2.19. The second-order valence-electron chi connectivity index (χ2n) is 3.55. The number of hydrogen-bond acceptors (Lipinski definition) is 1. The van der Waals surface area contributed by atoms with Crippen molar-refractivity contribution >= 4 is 0 Å². The predicted octanol–water partition coefficient (Wildman–Crippen LogP) is 1.49. The summed E-state index contributed by atoms with van der Waals surface area (Å²) in [5, 5.41) is 3.31. The fourth-order valence-electron chi connectivity index (χ4n) is 1.80. The van der Waals surface area contributed by atoms with Gasteiger partial charge in [0.05, 0.1) is 0 Å². The zero-order chi connectivity index (χ0) is 7.03. The van der Waals surface area contributed by atoms with Gasteiger partial charge in [-0.25, -0.2) is 4.39 Å². The van der Waals surface area contributed by atoms with Crippen LogP contribution < -0.4 is 5.32 Å². The summed E-state index contributed by atoms with van der Waals surface area (Å²) in [6.07, 6.45) is 5.33. The largest absolute Gasteiger partial charge is 0.308 e. The molecular weight excluding hydrogens is 129 g/mol. The van der Waals surface area contributed by atoms with Crippen LogP contribution in [0.25, 0.3) is 0 Å². The Kier molecular flexibility index (Phi) is 1.44. The van der Waals surface area contributed by atoms with E-state index in [0.717, 1.165) is 5.92 Å². The summed E-state index contributed by atoms with van der Waals surface area (Å²) in [5.74, 6) is 0.902. The van der Waals surface area contributed by atoms with Crippen molar-refractivity contribution in [3.05, 3.63) is 0 Å². The molecular formula is C8H14FN. The second-order valence-corrected chi connectivity index (χ2v) is 3.55. The molecule has 10 heavy (non-hydrogen) atoms. The Morgan fingerprint density at radius 2 is 2.10 bits per heavy atom. The van der Waals surface area contributed by atoms with Crippen molar-refractivity contribution in [3.63, 3.8) is 0 Å². The molecule has 2 aliphatic carbocycles. The van der Waals surface area contributed by atoms with Crippen molar-refractivity contribution in [2.24, 2.45) is 5.92 Å². The van der Waals surface area contributed by atoms with Gasteiger partial charge in [0.25, 0.3) is 0 Å². The van der Waals surface area contributed by atoms with Crippen molar-refractivity contribution in [1.29, 1.82) is 0 Å². The minimum atomic E-state index is -0.214. The monoisotopic (exact) mass is 143 g/mol. The van der Waals surface area contributed by atoms with Gasteiger partial charge in [-0.05, 0) is 31.6 Å². The molecule has 1 nitrogen and oxygen atoms in total. The van der Waals surface area contributed by atoms with Crippen molar-refractivity contribution < 1.29 is 4.39 Å². The third-order valence-corrected chi connectivity index (χ3v) is 2.72. The molecule has 2 aliphatic rings. The molecule has 2 rings (SSSR count). The first-order valence-electron chi connectivity index (χ1n) is 4.18. The average Bonchev–Trinajstić information content (AvgIpc) is 2.76. The van der Waals surface area contributed by atoms with Gasteiger partial charge in [0.2, 0.25) is 0 Å². The highest BCUT2D eigenvalue weighted by Crippen LogP contribution is 2.53. The van der Waals surface area contributed by atoms with Crippen LogP contribution in [0, 0.1) is 5.92 Å². The SMILES string of the molecule is FCCNC1(C2CC2)CC1. The maximum atomic E-state index is 11.8. The van der Waals surface area contributed by atoms with E-state index in [9.17, 15) is 4.39 Å². The summed E-state index contributed by atoms with van der Waals surface area (Å²) < 4.78 is 11.8. The Morgan fingerprint density at radius 1 is 1.40 bits per heavy atom. The highest BCUT2D eigenvalue weighted by Gasteiger charge is 2.53. The first kappa shape index (κ1) is 6.59. The Bertz CT molecular complexity index is 127. The lowest BCUT2D eigenvalue weighted by molar-refractivity contribution is 0.394. The van der Waals surface area contributed by atoms with Crippen LogP contribution in [0.15, 0.2) is 0 Å². The molecule has 58 valence electrons. The maximum Gasteiger partial charge on any atom is 0.102 e. The summed E-state index contributed by atoms with van der Waals surface area (Å²) in [6, 6.07) is 0. The Morgan fingerprint density at radius 3 is 2.50 bits per heavy atom. The molecule has 0 aromatic carbocycles. The van der Waals surface area contributed by atoms with Crippen LogP contribution in [-0.2, 0) is 0 Å². The molecule has 2 heteroatoms. The molecule has 0 bridgehead atoms. The lowest BCUT2D eigenvalue weighted by Gasteiger charge is -2.14. The van der Waals surface area contributed by atoms with Crippen LogP contribution in [0.4, 0.5) is 4.39 Å². The lowest BCUT2D eigenvalue weighted by atomic mass is 10.1. The van der Waals surface area contributed by atoms with E-state index in [1.165, 1.54) is 25.7 Å². The first-order chi connectivity index (χ1) is 4.87. The van der Waals surface area contributed by atoms with Crippen LogP contribution in [0.1, 0.15) is 25.7 Å². The minimum Gasteiger partial charge on any atom is -0.308 e. The summed E-state index contributed by atoms with van der Waals surface area (Å²) in [7, 11) is 0. The highest BCUT2D eigenvalue weighted by atomic mass is 19.1. The van der Waals surface area contributed by atoms with E-state index >= 15 is 0 Å². The smallest absolute Gasteiger partial charge is 0.102 e. The Hall–Kier alpha value is -0.110. The van der Waals surface area contributed by atoms with Gasteiger partial charge in [0.15, 0.2) is 0 Å². The third-order valence-electron chi connectivity index (χ3n) is 2.72. The topological polar surface area (TPSA) is 12.0 Å². The van der Waals surface area contributed by atoms with Gasteiger partial charge in [0.1, 0.15) is 6.67 Å². The zero-order valence-electron chi connectivity index (χ0n) is 6.20. The van der Waals surface area contributed by atoms with Crippen LogP contribution in [0.3, 0.4) is 0 Å². The molecule has 0 aromatic heterocycles. The summed E-state index contributed by atoms with van der Waals surface area (Å²) in [4.78, 5) is 0. The van der Waals surface area contributed by atoms with E-state index in [1.807, 2.05) is 0 Å². The number of rotatable bonds is 4. The normalized spacial score (nSPS) is 28.5. The summed E-state index contributed by atoms with van der Waals surface area (Å²) >= 11 is 0. The summed E-state index contributed by atoms with van der Waals surface area (Å²) in [5.41, 5.74) is 0.423. The number of halogens is 1. The van der Waals surface area contributed by atoms with E-state index in [-0.39, 0.29) is 6.67 Å². The molecule has 0 spiro atoms. The maximum absolute atomic E-state index is 11.8. The predicted molar refractivity (Wildman–Crippen MR) is 38.7 cm³/mol. The fraction of sp³-hybridized carbons (Fsp3) is 1.00. The molecule has 2 fully saturated rings. The van der Waals surface area contributed by atoms with Gasteiger partial charge in [-0.3, -0.25) is 0 Å². The van der Waals surface area contributed by atoms with Crippen molar-refractivity contribution in [1.82, 2.24) is 5.32 Å². The van der Waals surface area contributed by atoms with Crippen LogP contribution >= 0.6 is 0 Å². The summed E-state index contributed by atoms with van der Waals surface area (Å²) in [6.45, 7) is 0.352. The number of hydrogen-bond donors (Lipinski definition) is 1. The molecule has 0 amide bonds. The molecule has 2 saturated carbocycles. The fourth-order valence-corrected chi connectivity index (χ4v) is 1.80. The van der Waals surface area contributed by atoms with E-state index in [1.54, 1.807) is 0 Å².